The maximum absolute atomic E-state index is 12.8. The van der Waals surface area contributed by atoms with E-state index in [0.29, 0.717) is 44.2 Å². The SMILES string of the molecule is Cn1c(COc2ccc(Cl)cc2Cl)nc2cc(N=C(N)N3CCNCC3)ccc2c1=O. The Hall–Kier alpha value is -2.81. The van der Waals surface area contributed by atoms with E-state index >= 15 is 0 Å². The van der Waals surface area contributed by atoms with Crippen LogP contribution in [0.3, 0.4) is 0 Å². The lowest BCUT2D eigenvalue weighted by atomic mass is 10.2. The van der Waals surface area contributed by atoms with Crippen molar-refractivity contribution in [3.63, 3.8) is 0 Å². The van der Waals surface area contributed by atoms with Crippen LogP contribution in [0.15, 0.2) is 46.2 Å². The number of ether oxygens (including phenoxy) is 1. The Morgan fingerprint density at radius 3 is 2.74 bits per heavy atom. The van der Waals surface area contributed by atoms with Gasteiger partial charge in [-0.15, -0.1) is 0 Å². The molecule has 0 aliphatic carbocycles. The number of fused-ring (bicyclic) bond motifs is 1. The quantitative estimate of drug-likeness (QED) is 0.458. The molecule has 31 heavy (non-hydrogen) atoms. The van der Waals surface area contributed by atoms with Gasteiger partial charge in [-0.1, -0.05) is 23.2 Å². The van der Waals surface area contributed by atoms with Crippen molar-refractivity contribution in [3.05, 3.63) is 62.6 Å². The van der Waals surface area contributed by atoms with Crippen molar-refractivity contribution in [1.29, 1.82) is 0 Å². The number of nitrogens with zero attached hydrogens (tertiary/aromatic N) is 4. The number of rotatable bonds is 4. The summed E-state index contributed by atoms with van der Waals surface area (Å²) in [4.78, 5) is 23.9. The number of guanidine groups is 1. The van der Waals surface area contributed by atoms with Crippen molar-refractivity contribution in [3.8, 4) is 5.75 Å². The predicted octanol–water partition coefficient (Wildman–Crippen LogP) is 2.67. The van der Waals surface area contributed by atoms with Crippen molar-refractivity contribution in [2.75, 3.05) is 26.2 Å². The number of piperazine rings is 1. The average molecular weight is 461 g/mol. The zero-order valence-corrected chi connectivity index (χ0v) is 18.5. The molecule has 0 saturated carbocycles. The molecule has 10 heteroatoms. The molecule has 2 heterocycles. The predicted molar refractivity (Wildman–Crippen MR) is 124 cm³/mol. The third kappa shape index (κ3) is 4.76. The van der Waals surface area contributed by atoms with E-state index in [0.717, 1.165) is 26.2 Å². The molecule has 1 aliphatic heterocycles. The first kappa shape index (κ1) is 21.4. The third-order valence-electron chi connectivity index (χ3n) is 5.09. The summed E-state index contributed by atoms with van der Waals surface area (Å²) >= 11 is 12.1. The molecule has 0 spiro atoms. The van der Waals surface area contributed by atoms with Crippen LogP contribution in [-0.4, -0.2) is 46.6 Å². The molecule has 3 N–H and O–H groups in total. The van der Waals surface area contributed by atoms with E-state index in [1.807, 2.05) is 4.90 Å². The molecule has 8 nitrogen and oxygen atoms in total. The lowest BCUT2D eigenvalue weighted by molar-refractivity contribution is 0.290. The van der Waals surface area contributed by atoms with Crippen LogP contribution in [0, 0.1) is 0 Å². The number of benzene rings is 2. The molecule has 3 aromatic rings. The summed E-state index contributed by atoms with van der Waals surface area (Å²) in [7, 11) is 1.66. The monoisotopic (exact) mass is 460 g/mol. The summed E-state index contributed by atoms with van der Waals surface area (Å²) in [6.07, 6.45) is 0. The number of nitrogens with one attached hydrogen (secondary N) is 1. The highest BCUT2D eigenvalue weighted by Gasteiger charge is 2.13. The minimum atomic E-state index is -0.170. The summed E-state index contributed by atoms with van der Waals surface area (Å²) in [6, 6.07) is 10.2. The molecule has 0 bridgehead atoms. The van der Waals surface area contributed by atoms with E-state index in [4.69, 9.17) is 33.7 Å². The van der Waals surface area contributed by atoms with Gasteiger partial charge in [-0.3, -0.25) is 9.36 Å². The summed E-state index contributed by atoms with van der Waals surface area (Å²) in [5, 5.41) is 4.68. The van der Waals surface area contributed by atoms with Gasteiger partial charge in [-0.05, 0) is 36.4 Å². The van der Waals surface area contributed by atoms with Gasteiger partial charge in [-0.25, -0.2) is 9.98 Å². The molecular formula is C21H22Cl2N6O2. The van der Waals surface area contributed by atoms with E-state index in [1.54, 1.807) is 43.4 Å². The minimum absolute atomic E-state index is 0.0689. The summed E-state index contributed by atoms with van der Waals surface area (Å²) < 4.78 is 7.23. The molecule has 1 aliphatic rings. The molecule has 0 radical (unpaired) electrons. The van der Waals surface area contributed by atoms with Crippen molar-refractivity contribution >= 4 is 45.8 Å². The Morgan fingerprint density at radius 1 is 1.23 bits per heavy atom. The summed E-state index contributed by atoms with van der Waals surface area (Å²) in [6.45, 7) is 3.41. The number of nitrogens with two attached hydrogens (primary N) is 1. The highest BCUT2D eigenvalue weighted by Crippen LogP contribution is 2.28. The van der Waals surface area contributed by atoms with Crippen LogP contribution in [0.5, 0.6) is 5.75 Å². The smallest absolute Gasteiger partial charge is 0.261 e. The van der Waals surface area contributed by atoms with Crippen LogP contribution in [0.25, 0.3) is 10.9 Å². The fourth-order valence-electron chi connectivity index (χ4n) is 3.34. The van der Waals surface area contributed by atoms with Gasteiger partial charge < -0.3 is 20.7 Å². The zero-order valence-electron chi connectivity index (χ0n) is 16.9. The first-order chi connectivity index (χ1) is 14.9. The maximum atomic E-state index is 12.8. The first-order valence-corrected chi connectivity index (χ1v) is 10.6. The molecule has 1 aromatic heterocycles. The lowest BCUT2D eigenvalue weighted by Crippen LogP contribution is -2.49. The van der Waals surface area contributed by atoms with Gasteiger partial charge in [0.25, 0.3) is 5.56 Å². The number of hydrogen-bond acceptors (Lipinski definition) is 5. The molecule has 2 aromatic carbocycles. The van der Waals surface area contributed by atoms with Gasteiger partial charge in [0.05, 0.1) is 21.6 Å². The summed E-state index contributed by atoms with van der Waals surface area (Å²) in [5.41, 5.74) is 7.16. The minimum Gasteiger partial charge on any atom is -0.484 e. The van der Waals surface area contributed by atoms with Gasteiger partial charge in [0.15, 0.2) is 5.96 Å². The van der Waals surface area contributed by atoms with Crippen molar-refractivity contribution in [2.45, 2.75) is 6.61 Å². The zero-order chi connectivity index (χ0) is 22.0. The van der Waals surface area contributed by atoms with Crippen LogP contribution in [0.2, 0.25) is 10.0 Å². The topological polar surface area (TPSA) is 97.8 Å². The molecule has 4 rings (SSSR count). The second-order valence-corrected chi connectivity index (χ2v) is 8.01. The highest BCUT2D eigenvalue weighted by molar-refractivity contribution is 6.35. The first-order valence-electron chi connectivity index (χ1n) is 9.80. The molecule has 0 unspecified atom stereocenters. The van der Waals surface area contributed by atoms with E-state index in [9.17, 15) is 4.79 Å². The molecule has 1 saturated heterocycles. The van der Waals surface area contributed by atoms with Crippen LogP contribution in [-0.2, 0) is 13.7 Å². The van der Waals surface area contributed by atoms with Crippen molar-refractivity contribution < 1.29 is 4.74 Å². The number of hydrogen-bond donors (Lipinski definition) is 2. The Bertz CT molecular complexity index is 1200. The van der Waals surface area contributed by atoms with Gasteiger partial charge in [0.2, 0.25) is 0 Å². The Labute approximate surface area is 189 Å². The second kappa shape index (κ2) is 9.13. The lowest BCUT2D eigenvalue weighted by Gasteiger charge is -2.28. The molecule has 0 amide bonds. The van der Waals surface area contributed by atoms with Gasteiger partial charge >= 0.3 is 0 Å². The normalized spacial score (nSPS) is 14.8. The van der Waals surface area contributed by atoms with Crippen LogP contribution >= 0.6 is 23.2 Å². The number of aliphatic imine (C=N–C) groups is 1. The number of halogens is 2. The van der Waals surface area contributed by atoms with E-state index < -0.39 is 0 Å². The molecule has 1 fully saturated rings. The molecule has 0 atom stereocenters. The molecule has 162 valence electrons. The fourth-order valence-corrected chi connectivity index (χ4v) is 3.80. The van der Waals surface area contributed by atoms with Crippen molar-refractivity contribution in [2.24, 2.45) is 17.8 Å². The van der Waals surface area contributed by atoms with Crippen LogP contribution < -0.4 is 21.3 Å². The fraction of sp³-hybridized carbons (Fsp3) is 0.286. The second-order valence-electron chi connectivity index (χ2n) is 7.16. The van der Waals surface area contributed by atoms with Crippen molar-refractivity contribution in [1.82, 2.24) is 19.8 Å². The standard InChI is InChI=1S/C21H22Cl2N6O2/c1-28-19(12-31-18-5-2-13(22)10-16(18)23)27-17-11-14(3-4-15(17)20(28)30)26-21(24)29-8-6-25-7-9-29/h2-5,10-11,25H,6-9,12H2,1H3,(H2,24,26). The Kier molecular flexibility index (Phi) is 6.31. The molecular weight excluding hydrogens is 439 g/mol. The van der Waals surface area contributed by atoms with E-state index in [1.165, 1.54) is 4.57 Å². The van der Waals surface area contributed by atoms with E-state index in [-0.39, 0.29) is 12.2 Å². The number of aromatic nitrogens is 2. The van der Waals surface area contributed by atoms with Crippen LogP contribution in [0.4, 0.5) is 5.69 Å². The van der Waals surface area contributed by atoms with Gasteiger partial charge in [-0.2, -0.15) is 0 Å². The van der Waals surface area contributed by atoms with Crippen LogP contribution in [0.1, 0.15) is 5.82 Å². The van der Waals surface area contributed by atoms with Gasteiger partial charge in [0, 0.05) is 38.2 Å². The van der Waals surface area contributed by atoms with E-state index in [2.05, 4.69) is 15.3 Å². The third-order valence-corrected chi connectivity index (χ3v) is 5.62. The summed E-state index contributed by atoms with van der Waals surface area (Å²) in [5.74, 6) is 1.37. The highest BCUT2D eigenvalue weighted by atomic mass is 35.5. The van der Waals surface area contributed by atoms with Gasteiger partial charge in [0.1, 0.15) is 18.2 Å². The Balaban J connectivity index is 1.62. The Morgan fingerprint density at radius 2 is 2.00 bits per heavy atom. The average Bonchev–Trinajstić information content (AvgIpc) is 2.76. The maximum Gasteiger partial charge on any atom is 0.261 e. The largest absolute Gasteiger partial charge is 0.484 e.